The number of imidazole rings is 1. The topological polar surface area (TPSA) is 46.8 Å². The predicted octanol–water partition coefficient (Wildman–Crippen LogP) is 3.59. The van der Waals surface area contributed by atoms with E-state index in [1.54, 1.807) is 0 Å². The first-order valence-corrected chi connectivity index (χ1v) is 9.31. The van der Waals surface area contributed by atoms with Crippen molar-refractivity contribution >= 4 is 11.0 Å². The highest BCUT2D eigenvalue weighted by molar-refractivity contribution is 5.75. The van der Waals surface area contributed by atoms with E-state index in [-0.39, 0.29) is 0 Å². The molecule has 5 rings (SSSR count). The Labute approximate surface area is 158 Å². The van der Waals surface area contributed by atoms with Crippen LogP contribution in [0, 0.1) is 0 Å². The largest absolute Gasteiger partial charge is 0.330 e. The third-order valence-electron chi connectivity index (χ3n) is 5.29. The minimum absolute atomic E-state index is 0.818. The highest BCUT2D eigenvalue weighted by atomic mass is 15.2. The van der Waals surface area contributed by atoms with Crippen LogP contribution in [0.5, 0.6) is 0 Å². The van der Waals surface area contributed by atoms with E-state index in [4.69, 9.17) is 9.97 Å². The summed E-state index contributed by atoms with van der Waals surface area (Å²) in [7, 11) is 2.10. The molecule has 0 bridgehead atoms. The minimum Gasteiger partial charge on any atom is -0.330 e. The average molecular weight is 355 g/mol. The Kier molecular flexibility index (Phi) is 3.94. The normalized spacial score (nSPS) is 14.4. The van der Waals surface area contributed by atoms with Gasteiger partial charge in [-0.05, 0) is 12.1 Å². The second-order valence-electron chi connectivity index (χ2n) is 7.07. The maximum Gasteiger partial charge on any atom is 0.159 e. The zero-order chi connectivity index (χ0) is 18.2. The van der Waals surface area contributed by atoms with Gasteiger partial charge in [0, 0.05) is 43.9 Å². The lowest BCUT2D eigenvalue weighted by Gasteiger charge is -2.27. The number of hydrogen-bond acceptors (Lipinski definition) is 4. The molecule has 0 amide bonds. The highest BCUT2D eigenvalue weighted by Gasteiger charge is 2.20. The van der Waals surface area contributed by atoms with E-state index in [0.29, 0.717) is 0 Å². The average Bonchev–Trinajstić information content (AvgIpc) is 3.04. The molecule has 0 spiro atoms. The molecule has 0 saturated heterocycles. The predicted molar refractivity (Wildman–Crippen MR) is 106 cm³/mol. The molecule has 27 heavy (non-hydrogen) atoms. The quantitative estimate of drug-likeness (QED) is 0.563. The third kappa shape index (κ3) is 3.00. The van der Waals surface area contributed by atoms with Gasteiger partial charge in [-0.1, -0.05) is 42.5 Å². The number of rotatable bonds is 3. The molecular formula is C22H21N5. The van der Waals surface area contributed by atoms with Crippen molar-refractivity contribution in [2.24, 2.45) is 7.05 Å². The van der Waals surface area contributed by atoms with Crippen LogP contribution in [-0.2, 0) is 26.6 Å². The molecule has 1 aliphatic rings. The zero-order valence-electron chi connectivity index (χ0n) is 15.3. The first-order chi connectivity index (χ1) is 13.3. The summed E-state index contributed by atoms with van der Waals surface area (Å²) in [6, 6.07) is 18.5. The van der Waals surface area contributed by atoms with Crippen LogP contribution in [-0.4, -0.2) is 31.0 Å². The molecule has 0 radical (unpaired) electrons. The molecule has 0 aliphatic carbocycles. The molecule has 0 fully saturated rings. The number of para-hydroxylation sites is 2. The van der Waals surface area contributed by atoms with Crippen molar-refractivity contribution in [1.29, 1.82) is 0 Å². The standard InChI is InChI=1S/C22H21N5/c1-26-20-10-6-5-9-19(20)24-21(26)15-27-12-11-18-17(14-27)13-23-22(25-18)16-7-3-2-4-8-16/h2-10,13H,11-12,14-15H2,1H3. The van der Waals surface area contributed by atoms with Gasteiger partial charge in [-0.2, -0.15) is 0 Å². The molecule has 2 aromatic carbocycles. The van der Waals surface area contributed by atoms with Crippen LogP contribution in [0.1, 0.15) is 17.1 Å². The lowest BCUT2D eigenvalue weighted by atomic mass is 10.1. The Balaban J connectivity index is 1.37. The SMILES string of the molecule is Cn1c(CN2CCc3nc(-c4ccccc4)ncc3C2)nc2ccccc21. The van der Waals surface area contributed by atoms with Crippen LogP contribution in [0.4, 0.5) is 0 Å². The number of aromatic nitrogens is 4. The fraction of sp³-hybridized carbons (Fsp3) is 0.227. The number of nitrogens with zero attached hydrogens (tertiary/aromatic N) is 5. The summed E-state index contributed by atoms with van der Waals surface area (Å²) < 4.78 is 2.19. The lowest BCUT2D eigenvalue weighted by Crippen LogP contribution is -2.31. The Hall–Kier alpha value is -3.05. The van der Waals surface area contributed by atoms with E-state index in [1.165, 1.54) is 16.8 Å². The van der Waals surface area contributed by atoms with Crippen LogP contribution < -0.4 is 0 Å². The third-order valence-corrected chi connectivity index (χ3v) is 5.29. The van der Waals surface area contributed by atoms with Gasteiger partial charge in [-0.15, -0.1) is 0 Å². The van der Waals surface area contributed by atoms with Crippen molar-refractivity contribution < 1.29 is 0 Å². The Morgan fingerprint density at radius 2 is 1.78 bits per heavy atom. The smallest absolute Gasteiger partial charge is 0.159 e. The van der Waals surface area contributed by atoms with Crippen molar-refractivity contribution in [1.82, 2.24) is 24.4 Å². The Morgan fingerprint density at radius 3 is 2.63 bits per heavy atom. The van der Waals surface area contributed by atoms with Crippen molar-refractivity contribution in [2.45, 2.75) is 19.5 Å². The highest BCUT2D eigenvalue weighted by Crippen LogP contribution is 2.23. The van der Waals surface area contributed by atoms with Gasteiger partial charge in [0.25, 0.3) is 0 Å². The van der Waals surface area contributed by atoms with E-state index < -0.39 is 0 Å². The summed E-state index contributed by atoms with van der Waals surface area (Å²) in [6.07, 6.45) is 2.94. The van der Waals surface area contributed by atoms with Crippen molar-refractivity contribution in [2.75, 3.05) is 6.54 Å². The van der Waals surface area contributed by atoms with Gasteiger partial charge < -0.3 is 4.57 Å². The Bertz CT molecular complexity index is 1100. The van der Waals surface area contributed by atoms with E-state index in [9.17, 15) is 0 Å². The molecule has 1 aliphatic heterocycles. The molecule has 2 aromatic heterocycles. The van der Waals surface area contributed by atoms with Gasteiger partial charge in [-0.3, -0.25) is 4.90 Å². The summed E-state index contributed by atoms with van der Waals surface area (Å²) in [6.45, 7) is 2.69. The van der Waals surface area contributed by atoms with Crippen LogP contribution in [0.3, 0.4) is 0 Å². The summed E-state index contributed by atoms with van der Waals surface area (Å²) >= 11 is 0. The molecule has 3 heterocycles. The van der Waals surface area contributed by atoms with E-state index in [1.807, 2.05) is 30.5 Å². The summed E-state index contributed by atoms with van der Waals surface area (Å²) in [5.41, 5.74) is 5.70. The molecule has 0 unspecified atom stereocenters. The number of fused-ring (bicyclic) bond motifs is 2. The van der Waals surface area contributed by atoms with E-state index in [0.717, 1.165) is 48.8 Å². The second kappa shape index (κ2) is 6.59. The maximum absolute atomic E-state index is 4.82. The van der Waals surface area contributed by atoms with Crippen molar-refractivity contribution in [3.8, 4) is 11.4 Å². The van der Waals surface area contributed by atoms with Gasteiger partial charge in [-0.25, -0.2) is 15.0 Å². The fourth-order valence-corrected chi connectivity index (χ4v) is 3.77. The molecule has 4 aromatic rings. The maximum atomic E-state index is 4.82. The first kappa shape index (κ1) is 16.1. The van der Waals surface area contributed by atoms with Gasteiger partial charge in [0.15, 0.2) is 5.82 Å². The number of benzene rings is 2. The van der Waals surface area contributed by atoms with E-state index >= 15 is 0 Å². The lowest BCUT2D eigenvalue weighted by molar-refractivity contribution is 0.235. The van der Waals surface area contributed by atoms with Crippen molar-refractivity contribution in [3.63, 3.8) is 0 Å². The molecule has 0 N–H and O–H groups in total. The zero-order valence-corrected chi connectivity index (χ0v) is 15.3. The summed E-state index contributed by atoms with van der Waals surface area (Å²) in [4.78, 5) is 16.6. The monoisotopic (exact) mass is 355 g/mol. The summed E-state index contributed by atoms with van der Waals surface area (Å²) in [5.74, 6) is 1.92. The Morgan fingerprint density at radius 1 is 0.963 bits per heavy atom. The van der Waals surface area contributed by atoms with Gasteiger partial charge in [0.1, 0.15) is 5.82 Å². The fourth-order valence-electron chi connectivity index (χ4n) is 3.77. The molecular weight excluding hydrogens is 334 g/mol. The molecule has 5 nitrogen and oxygen atoms in total. The second-order valence-corrected chi connectivity index (χ2v) is 7.07. The minimum atomic E-state index is 0.818. The van der Waals surface area contributed by atoms with Gasteiger partial charge in [0.2, 0.25) is 0 Å². The molecule has 0 atom stereocenters. The summed E-state index contributed by atoms with van der Waals surface area (Å²) in [5, 5.41) is 0. The van der Waals surface area contributed by atoms with Crippen molar-refractivity contribution in [3.05, 3.63) is 77.9 Å². The number of aryl methyl sites for hydroxylation is 1. The molecule has 0 saturated carbocycles. The van der Waals surface area contributed by atoms with Crippen LogP contribution in [0.2, 0.25) is 0 Å². The molecule has 5 heteroatoms. The first-order valence-electron chi connectivity index (χ1n) is 9.31. The number of hydrogen-bond donors (Lipinski definition) is 0. The van der Waals surface area contributed by atoms with Gasteiger partial charge in [0.05, 0.1) is 23.3 Å². The van der Waals surface area contributed by atoms with Crippen LogP contribution >= 0.6 is 0 Å². The molecule has 134 valence electrons. The van der Waals surface area contributed by atoms with E-state index in [2.05, 4.69) is 51.8 Å². The van der Waals surface area contributed by atoms with Gasteiger partial charge >= 0.3 is 0 Å². The van der Waals surface area contributed by atoms with Crippen LogP contribution in [0.25, 0.3) is 22.4 Å². The van der Waals surface area contributed by atoms with Crippen LogP contribution in [0.15, 0.2) is 60.8 Å².